The Bertz CT molecular complexity index is 592. The maximum absolute atomic E-state index is 11.5. The summed E-state index contributed by atoms with van der Waals surface area (Å²) >= 11 is 3.43. The van der Waals surface area contributed by atoms with Gasteiger partial charge < -0.3 is 5.32 Å². The molecule has 19 heavy (non-hydrogen) atoms. The average Bonchev–Trinajstić information content (AvgIpc) is 2.85. The predicted octanol–water partition coefficient (Wildman–Crippen LogP) is 2.61. The van der Waals surface area contributed by atoms with Crippen molar-refractivity contribution in [1.29, 1.82) is 0 Å². The van der Waals surface area contributed by atoms with Gasteiger partial charge in [0.1, 0.15) is 6.54 Å². The normalized spacial score (nSPS) is 10.2. The van der Waals surface area contributed by atoms with Crippen molar-refractivity contribution in [2.24, 2.45) is 0 Å². The molecule has 0 aliphatic heterocycles. The molecular formula is C14H14BrN3O. The largest absolute Gasteiger partial charge is 0.351 e. The molecule has 4 nitrogen and oxygen atoms in total. The second-order valence-electron chi connectivity index (χ2n) is 4.03. The number of nitrogens with zero attached hydrogens (tertiary/aromatic N) is 2. The maximum Gasteiger partial charge on any atom is 0.241 e. The van der Waals surface area contributed by atoms with Crippen LogP contribution in [0.25, 0.3) is 11.1 Å². The number of nitrogens with one attached hydrogen (secondary N) is 1. The fourth-order valence-corrected chi connectivity index (χ4v) is 2.06. The van der Waals surface area contributed by atoms with E-state index < -0.39 is 0 Å². The van der Waals surface area contributed by atoms with Crippen LogP contribution < -0.4 is 5.32 Å². The predicted molar refractivity (Wildman–Crippen MR) is 78.6 cm³/mol. The maximum atomic E-state index is 11.5. The quantitative estimate of drug-likeness (QED) is 0.861. The van der Waals surface area contributed by atoms with Crippen LogP contribution in [-0.4, -0.2) is 22.2 Å². The van der Waals surface area contributed by atoms with Gasteiger partial charge in [-0.3, -0.25) is 9.48 Å². The standard InChI is InChI=1S/C14H14BrN3O/c1-2-6-16-14(19)10-18-9-12(8-17-18)11-4-3-5-13(15)7-11/h2-5,7-9H,1,6,10H2,(H,16,19). The Kier molecular flexibility index (Phi) is 4.52. The number of carbonyl (C=O) groups is 1. The number of rotatable bonds is 5. The number of hydrogen-bond acceptors (Lipinski definition) is 2. The molecule has 1 N–H and O–H groups in total. The zero-order valence-electron chi connectivity index (χ0n) is 10.3. The third-order valence-corrected chi connectivity index (χ3v) is 3.03. The van der Waals surface area contributed by atoms with Gasteiger partial charge in [0, 0.05) is 22.8 Å². The lowest BCUT2D eigenvalue weighted by atomic mass is 10.1. The SMILES string of the molecule is C=CCNC(=O)Cn1cc(-c2cccc(Br)c2)cn1. The summed E-state index contributed by atoms with van der Waals surface area (Å²) in [5.74, 6) is -0.0798. The molecule has 2 aromatic rings. The molecule has 0 saturated carbocycles. The van der Waals surface area contributed by atoms with Gasteiger partial charge in [-0.1, -0.05) is 34.1 Å². The smallest absolute Gasteiger partial charge is 0.241 e. The molecule has 0 radical (unpaired) electrons. The first-order chi connectivity index (χ1) is 9.19. The van der Waals surface area contributed by atoms with E-state index in [9.17, 15) is 4.79 Å². The third-order valence-electron chi connectivity index (χ3n) is 2.54. The van der Waals surface area contributed by atoms with Crippen LogP contribution in [0, 0.1) is 0 Å². The Morgan fingerprint density at radius 3 is 3.05 bits per heavy atom. The molecule has 98 valence electrons. The fourth-order valence-electron chi connectivity index (χ4n) is 1.66. The lowest BCUT2D eigenvalue weighted by Gasteiger charge is -2.02. The van der Waals surface area contributed by atoms with Crippen LogP contribution in [0.15, 0.2) is 53.8 Å². The van der Waals surface area contributed by atoms with E-state index in [2.05, 4.69) is 32.9 Å². The first-order valence-corrected chi connectivity index (χ1v) is 6.64. The first kappa shape index (κ1) is 13.5. The van der Waals surface area contributed by atoms with Gasteiger partial charge in [-0.15, -0.1) is 6.58 Å². The summed E-state index contributed by atoms with van der Waals surface area (Å²) in [6.45, 7) is 4.23. The molecule has 1 aromatic heterocycles. The highest BCUT2D eigenvalue weighted by Gasteiger charge is 2.05. The molecule has 5 heteroatoms. The van der Waals surface area contributed by atoms with E-state index in [1.165, 1.54) is 0 Å². The molecule has 0 unspecified atom stereocenters. The highest BCUT2D eigenvalue weighted by molar-refractivity contribution is 9.10. The van der Waals surface area contributed by atoms with E-state index >= 15 is 0 Å². The summed E-state index contributed by atoms with van der Waals surface area (Å²) in [5.41, 5.74) is 2.05. The number of aromatic nitrogens is 2. The van der Waals surface area contributed by atoms with E-state index in [-0.39, 0.29) is 12.5 Å². The lowest BCUT2D eigenvalue weighted by molar-refractivity contribution is -0.121. The van der Waals surface area contributed by atoms with Gasteiger partial charge in [-0.25, -0.2) is 0 Å². The summed E-state index contributed by atoms with van der Waals surface area (Å²) in [7, 11) is 0. The lowest BCUT2D eigenvalue weighted by Crippen LogP contribution is -2.27. The Morgan fingerprint density at radius 1 is 1.47 bits per heavy atom. The number of carbonyl (C=O) groups excluding carboxylic acids is 1. The minimum atomic E-state index is -0.0798. The van der Waals surface area contributed by atoms with Gasteiger partial charge in [-0.05, 0) is 17.7 Å². The summed E-state index contributed by atoms with van der Waals surface area (Å²) < 4.78 is 2.63. The molecule has 0 aliphatic rings. The van der Waals surface area contributed by atoms with Crippen LogP contribution in [0.1, 0.15) is 0 Å². The number of benzene rings is 1. The highest BCUT2D eigenvalue weighted by atomic mass is 79.9. The first-order valence-electron chi connectivity index (χ1n) is 5.85. The second kappa shape index (κ2) is 6.33. The Hall–Kier alpha value is -1.88. The van der Waals surface area contributed by atoms with Gasteiger partial charge in [0.25, 0.3) is 0 Å². The van der Waals surface area contributed by atoms with Gasteiger partial charge in [0.2, 0.25) is 5.91 Å². The fraction of sp³-hybridized carbons (Fsp3) is 0.143. The van der Waals surface area contributed by atoms with Crippen LogP contribution in [0.3, 0.4) is 0 Å². The van der Waals surface area contributed by atoms with Crippen molar-refractivity contribution in [2.75, 3.05) is 6.54 Å². The Morgan fingerprint density at radius 2 is 2.32 bits per heavy atom. The molecule has 0 saturated heterocycles. The van der Waals surface area contributed by atoms with Gasteiger partial charge >= 0.3 is 0 Å². The Balaban J connectivity index is 2.07. The van der Waals surface area contributed by atoms with E-state index in [1.807, 2.05) is 30.5 Å². The minimum Gasteiger partial charge on any atom is -0.351 e. The average molecular weight is 320 g/mol. The molecule has 0 fully saturated rings. The third kappa shape index (κ3) is 3.79. The molecule has 2 rings (SSSR count). The van der Waals surface area contributed by atoms with Gasteiger partial charge in [0.15, 0.2) is 0 Å². The molecule has 1 amide bonds. The topological polar surface area (TPSA) is 46.9 Å². The van der Waals surface area contributed by atoms with E-state index in [1.54, 1.807) is 17.0 Å². The molecule has 0 atom stereocenters. The van der Waals surface area contributed by atoms with Crippen molar-refractivity contribution < 1.29 is 4.79 Å². The van der Waals surface area contributed by atoms with Crippen molar-refractivity contribution in [3.05, 3.63) is 53.8 Å². The van der Waals surface area contributed by atoms with E-state index in [0.717, 1.165) is 15.6 Å². The summed E-state index contributed by atoms with van der Waals surface area (Å²) in [6.07, 6.45) is 5.26. The number of amides is 1. The Labute approximate surface area is 120 Å². The van der Waals surface area contributed by atoms with Gasteiger partial charge in [-0.2, -0.15) is 5.10 Å². The summed E-state index contributed by atoms with van der Waals surface area (Å²) in [6, 6.07) is 7.95. The van der Waals surface area contributed by atoms with Crippen molar-refractivity contribution in [3.63, 3.8) is 0 Å². The minimum absolute atomic E-state index is 0.0798. The highest BCUT2D eigenvalue weighted by Crippen LogP contribution is 2.22. The van der Waals surface area contributed by atoms with Crippen LogP contribution >= 0.6 is 15.9 Å². The van der Waals surface area contributed by atoms with Crippen molar-refractivity contribution >= 4 is 21.8 Å². The van der Waals surface area contributed by atoms with Crippen molar-refractivity contribution in [2.45, 2.75) is 6.54 Å². The van der Waals surface area contributed by atoms with E-state index in [4.69, 9.17) is 0 Å². The molecular weight excluding hydrogens is 306 g/mol. The summed E-state index contributed by atoms with van der Waals surface area (Å²) in [5, 5.41) is 6.90. The summed E-state index contributed by atoms with van der Waals surface area (Å²) in [4.78, 5) is 11.5. The molecule has 0 bridgehead atoms. The van der Waals surface area contributed by atoms with Gasteiger partial charge in [0.05, 0.1) is 6.20 Å². The van der Waals surface area contributed by atoms with E-state index in [0.29, 0.717) is 6.54 Å². The zero-order valence-corrected chi connectivity index (χ0v) is 11.9. The van der Waals surface area contributed by atoms with Crippen LogP contribution in [0.2, 0.25) is 0 Å². The van der Waals surface area contributed by atoms with Crippen LogP contribution in [-0.2, 0) is 11.3 Å². The molecule has 1 heterocycles. The van der Waals surface area contributed by atoms with Crippen LogP contribution in [0.4, 0.5) is 0 Å². The molecule has 1 aromatic carbocycles. The van der Waals surface area contributed by atoms with Crippen molar-refractivity contribution in [3.8, 4) is 11.1 Å². The molecule has 0 spiro atoms. The number of hydrogen-bond donors (Lipinski definition) is 1. The zero-order chi connectivity index (χ0) is 13.7. The number of halogens is 1. The van der Waals surface area contributed by atoms with Crippen LogP contribution in [0.5, 0.6) is 0 Å². The second-order valence-corrected chi connectivity index (χ2v) is 4.95. The monoisotopic (exact) mass is 319 g/mol. The van der Waals surface area contributed by atoms with Crippen molar-refractivity contribution in [1.82, 2.24) is 15.1 Å². The molecule has 0 aliphatic carbocycles.